The van der Waals surface area contributed by atoms with E-state index in [2.05, 4.69) is 15.5 Å². The number of non-ortho nitro benzene ring substituents is 1. The summed E-state index contributed by atoms with van der Waals surface area (Å²) in [6.45, 7) is 4.49. The van der Waals surface area contributed by atoms with Crippen LogP contribution in [0.4, 0.5) is 20.6 Å². The summed E-state index contributed by atoms with van der Waals surface area (Å²) < 4.78 is 19.4. The molecule has 4 rings (SSSR count). The van der Waals surface area contributed by atoms with Crippen molar-refractivity contribution in [3.8, 4) is 0 Å². The molecule has 0 aromatic heterocycles. The van der Waals surface area contributed by atoms with Gasteiger partial charge in [0.1, 0.15) is 5.82 Å². The molecule has 2 aromatic rings. The summed E-state index contributed by atoms with van der Waals surface area (Å²) in [5.41, 5.74) is 1.64. The topological polar surface area (TPSA) is 117 Å². The number of hydrogen-bond acceptors (Lipinski definition) is 7. The van der Waals surface area contributed by atoms with Crippen molar-refractivity contribution in [2.24, 2.45) is 0 Å². The molecule has 0 radical (unpaired) electrons. The van der Waals surface area contributed by atoms with Crippen LogP contribution in [-0.4, -0.2) is 61.2 Å². The second kappa shape index (κ2) is 10.5. The summed E-state index contributed by atoms with van der Waals surface area (Å²) >= 11 is 0. The second-order valence-electron chi connectivity index (χ2n) is 8.21. The first-order valence-electron chi connectivity index (χ1n) is 11.3. The molecule has 2 aliphatic rings. The number of halogens is 1. The Hall–Kier alpha value is -3.99. The van der Waals surface area contributed by atoms with Crippen LogP contribution in [0.25, 0.3) is 0 Å². The van der Waals surface area contributed by atoms with Crippen molar-refractivity contribution in [2.45, 2.75) is 13.0 Å². The highest BCUT2D eigenvalue weighted by molar-refractivity contribution is 5.95. The summed E-state index contributed by atoms with van der Waals surface area (Å²) in [4.78, 5) is 40.0. The van der Waals surface area contributed by atoms with Crippen LogP contribution in [0.3, 0.4) is 0 Å². The molecular weight excluding hydrogens is 457 g/mol. The van der Waals surface area contributed by atoms with Crippen LogP contribution in [0.2, 0.25) is 0 Å². The molecule has 11 heteroatoms. The standard InChI is InChI=1S/C24H26FN5O5/c1-2-35-23(31)21-19(15-28-11-13-29(14-12-28)20-6-4-3-5-18(20)25)26-24(32)27-22(21)16-7-9-17(10-8-16)30(33)34/h3-10,22H,2,11-15H2,1H3,(H2,26,27,32)/t22-/m1/s1. The number of anilines is 1. The first-order chi connectivity index (χ1) is 16.9. The fourth-order valence-electron chi connectivity index (χ4n) is 4.31. The molecule has 1 fully saturated rings. The zero-order valence-electron chi connectivity index (χ0n) is 19.2. The molecule has 0 saturated carbocycles. The van der Waals surface area contributed by atoms with Crippen molar-refractivity contribution in [2.75, 3.05) is 44.2 Å². The van der Waals surface area contributed by atoms with Crippen molar-refractivity contribution < 1.29 is 23.6 Å². The molecule has 35 heavy (non-hydrogen) atoms. The molecule has 2 N–H and O–H groups in total. The number of nitrogens with zero attached hydrogens (tertiary/aromatic N) is 3. The Bertz CT molecular complexity index is 1150. The highest BCUT2D eigenvalue weighted by Crippen LogP contribution is 2.30. The minimum atomic E-state index is -0.821. The predicted octanol–water partition coefficient (Wildman–Crippen LogP) is 2.73. The quantitative estimate of drug-likeness (QED) is 0.353. The average molecular weight is 484 g/mol. The zero-order valence-corrected chi connectivity index (χ0v) is 19.2. The van der Waals surface area contributed by atoms with Crippen molar-refractivity contribution in [3.05, 3.63) is 81.3 Å². The third-order valence-electron chi connectivity index (χ3n) is 6.03. The zero-order chi connectivity index (χ0) is 24.9. The maximum Gasteiger partial charge on any atom is 0.338 e. The summed E-state index contributed by atoms with van der Waals surface area (Å²) in [6, 6.07) is 11.0. The van der Waals surface area contributed by atoms with Crippen LogP contribution in [-0.2, 0) is 9.53 Å². The van der Waals surface area contributed by atoms with Crippen LogP contribution >= 0.6 is 0 Å². The number of carbonyl (C=O) groups excluding carboxylic acids is 2. The van der Waals surface area contributed by atoms with E-state index in [1.165, 1.54) is 30.3 Å². The number of nitro benzene ring substituents is 1. The number of esters is 1. The molecule has 10 nitrogen and oxygen atoms in total. The number of nitrogens with one attached hydrogen (secondary N) is 2. The number of piperazine rings is 1. The number of para-hydroxylation sites is 1. The number of hydrogen-bond donors (Lipinski definition) is 2. The van der Waals surface area contributed by atoms with Crippen LogP contribution in [0.5, 0.6) is 0 Å². The lowest BCUT2D eigenvalue weighted by molar-refractivity contribution is -0.384. The van der Waals surface area contributed by atoms with E-state index in [1.807, 2.05) is 4.90 Å². The third-order valence-corrected chi connectivity index (χ3v) is 6.03. The van der Waals surface area contributed by atoms with Gasteiger partial charge in [-0.25, -0.2) is 14.0 Å². The fourth-order valence-corrected chi connectivity index (χ4v) is 4.31. The number of amides is 2. The Labute approximate surface area is 201 Å². The van der Waals surface area contributed by atoms with E-state index in [0.717, 1.165) is 0 Å². The molecule has 0 aliphatic carbocycles. The van der Waals surface area contributed by atoms with E-state index >= 15 is 0 Å². The molecule has 2 aromatic carbocycles. The normalized spacial score (nSPS) is 18.6. The summed E-state index contributed by atoms with van der Waals surface area (Å²) in [6.07, 6.45) is 0. The molecular formula is C24H26FN5O5. The highest BCUT2D eigenvalue weighted by Gasteiger charge is 2.35. The fraction of sp³-hybridized carbons (Fsp3) is 0.333. The second-order valence-corrected chi connectivity index (χ2v) is 8.21. The molecule has 0 spiro atoms. The number of benzene rings is 2. The minimum Gasteiger partial charge on any atom is -0.463 e. The van der Waals surface area contributed by atoms with E-state index in [4.69, 9.17) is 4.74 Å². The van der Waals surface area contributed by atoms with Gasteiger partial charge in [0.25, 0.3) is 5.69 Å². The third kappa shape index (κ3) is 5.40. The van der Waals surface area contributed by atoms with Crippen molar-refractivity contribution in [3.63, 3.8) is 0 Å². The van der Waals surface area contributed by atoms with Gasteiger partial charge in [-0.05, 0) is 36.8 Å². The highest BCUT2D eigenvalue weighted by atomic mass is 19.1. The van der Waals surface area contributed by atoms with Gasteiger partial charge in [0.2, 0.25) is 0 Å². The van der Waals surface area contributed by atoms with Gasteiger partial charge >= 0.3 is 12.0 Å². The molecule has 1 saturated heterocycles. The van der Waals surface area contributed by atoms with Gasteiger partial charge in [0, 0.05) is 50.6 Å². The maximum absolute atomic E-state index is 14.2. The number of urea groups is 1. The molecule has 1 atom stereocenters. The Morgan fingerprint density at radius 2 is 1.83 bits per heavy atom. The monoisotopic (exact) mass is 483 g/mol. The number of carbonyl (C=O) groups is 2. The molecule has 184 valence electrons. The van der Waals surface area contributed by atoms with E-state index in [0.29, 0.717) is 43.1 Å². The average Bonchev–Trinajstić information content (AvgIpc) is 2.85. The van der Waals surface area contributed by atoms with Gasteiger partial charge < -0.3 is 20.3 Å². The van der Waals surface area contributed by atoms with Crippen LogP contribution in [0.15, 0.2) is 59.8 Å². The Kier molecular flexibility index (Phi) is 7.25. The lowest BCUT2D eigenvalue weighted by atomic mass is 9.94. The first-order valence-corrected chi connectivity index (χ1v) is 11.3. The summed E-state index contributed by atoms with van der Waals surface area (Å²) in [5, 5.41) is 16.5. The maximum atomic E-state index is 14.2. The van der Waals surface area contributed by atoms with Gasteiger partial charge in [-0.1, -0.05) is 12.1 Å². The molecule has 2 amide bonds. The van der Waals surface area contributed by atoms with Gasteiger partial charge in [-0.15, -0.1) is 0 Å². The molecule has 0 unspecified atom stereocenters. The number of ether oxygens (including phenoxy) is 1. The summed E-state index contributed by atoms with van der Waals surface area (Å²) in [7, 11) is 0. The smallest absolute Gasteiger partial charge is 0.338 e. The molecule has 2 aliphatic heterocycles. The molecule has 2 heterocycles. The largest absolute Gasteiger partial charge is 0.463 e. The Balaban J connectivity index is 1.57. The van der Waals surface area contributed by atoms with E-state index in [1.54, 1.807) is 25.1 Å². The Morgan fingerprint density at radius 1 is 1.14 bits per heavy atom. The number of nitro groups is 1. The van der Waals surface area contributed by atoms with Crippen LogP contribution in [0.1, 0.15) is 18.5 Å². The van der Waals surface area contributed by atoms with Crippen molar-refractivity contribution in [1.82, 2.24) is 15.5 Å². The van der Waals surface area contributed by atoms with E-state index < -0.39 is 23.0 Å². The van der Waals surface area contributed by atoms with Crippen LogP contribution < -0.4 is 15.5 Å². The van der Waals surface area contributed by atoms with Crippen LogP contribution in [0, 0.1) is 15.9 Å². The lowest BCUT2D eigenvalue weighted by Crippen LogP contribution is -2.52. The number of rotatable bonds is 7. The predicted molar refractivity (Wildman–Crippen MR) is 126 cm³/mol. The van der Waals surface area contributed by atoms with Gasteiger partial charge in [0.05, 0.1) is 28.8 Å². The van der Waals surface area contributed by atoms with Gasteiger partial charge in [-0.3, -0.25) is 15.0 Å². The van der Waals surface area contributed by atoms with Crippen molar-refractivity contribution >= 4 is 23.4 Å². The van der Waals surface area contributed by atoms with Gasteiger partial charge in [-0.2, -0.15) is 0 Å². The lowest BCUT2D eigenvalue weighted by Gasteiger charge is -2.38. The SMILES string of the molecule is CCOC(=O)C1=C(CN2CCN(c3ccccc3F)CC2)NC(=O)N[C@@H]1c1ccc([N+](=O)[O-])cc1. The Morgan fingerprint density at radius 3 is 2.46 bits per heavy atom. The first kappa shape index (κ1) is 24.1. The van der Waals surface area contributed by atoms with E-state index in [9.17, 15) is 24.1 Å². The van der Waals surface area contributed by atoms with Crippen molar-refractivity contribution in [1.29, 1.82) is 0 Å². The minimum absolute atomic E-state index is 0.0939. The van der Waals surface area contributed by atoms with E-state index in [-0.39, 0.29) is 30.2 Å². The summed E-state index contributed by atoms with van der Waals surface area (Å²) in [5.74, 6) is -0.854. The molecule has 0 bridgehead atoms. The van der Waals surface area contributed by atoms with Gasteiger partial charge in [0.15, 0.2) is 0 Å².